The van der Waals surface area contributed by atoms with E-state index in [9.17, 15) is 12.8 Å². The third kappa shape index (κ3) is 4.75. The highest BCUT2D eigenvalue weighted by Gasteiger charge is 2.18. The number of sulfonamides is 1. The van der Waals surface area contributed by atoms with Crippen LogP contribution in [0.2, 0.25) is 0 Å². The molecule has 3 aromatic heterocycles. The lowest BCUT2D eigenvalue weighted by Crippen LogP contribution is -2.19. The Hall–Kier alpha value is -3.64. The molecule has 4 aromatic rings. The summed E-state index contributed by atoms with van der Waals surface area (Å²) in [6.07, 6.45) is 2.79. The summed E-state index contributed by atoms with van der Waals surface area (Å²) in [7, 11) is -3.75. The van der Waals surface area contributed by atoms with E-state index >= 15 is 0 Å². The van der Waals surface area contributed by atoms with E-state index in [-0.39, 0.29) is 24.0 Å². The van der Waals surface area contributed by atoms with E-state index in [0.717, 1.165) is 0 Å². The van der Waals surface area contributed by atoms with Crippen LogP contribution >= 0.6 is 0 Å². The molecular formula is C19H17FN6O4S. The number of hydrogen-bond donors (Lipinski definition) is 2. The maximum absolute atomic E-state index is 14.2. The molecule has 3 heterocycles. The minimum absolute atomic E-state index is 0.0325. The normalized spacial score (nSPS) is 11.5. The van der Waals surface area contributed by atoms with Crippen molar-refractivity contribution in [2.45, 2.75) is 6.54 Å². The van der Waals surface area contributed by atoms with Crippen LogP contribution in [-0.2, 0) is 16.6 Å². The molecule has 0 spiro atoms. The molecule has 0 unspecified atom stereocenters. The first-order valence-corrected chi connectivity index (χ1v) is 10.8. The van der Waals surface area contributed by atoms with Crippen molar-refractivity contribution in [2.24, 2.45) is 0 Å². The fourth-order valence-electron chi connectivity index (χ4n) is 2.85. The molecule has 2 N–H and O–H groups in total. The topological polar surface area (TPSA) is 136 Å². The number of aliphatic hydroxyl groups is 1. The lowest BCUT2D eigenvalue weighted by molar-refractivity contribution is 0.320. The van der Waals surface area contributed by atoms with Crippen LogP contribution in [0.1, 0.15) is 5.56 Å². The fourth-order valence-corrected chi connectivity index (χ4v) is 3.63. The van der Waals surface area contributed by atoms with Gasteiger partial charge < -0.3 is 9.63 Å². The van der Waals surface area contributed by atoms with Gasteiger partial charge in [0.25, 0.3) is 0 Å². The van der Waals surface area contributed by atoms with Gasteiger partial charge in [0.1, 0.15) is 29.3 Å². The van der Waals surface area contributed by atoms with Gasteiger partial charge in [-0.15, -0.1) is 0 Å². The van der Waals surface area contributed by atoms with Gasteiger partial charge in [-0.05, 0) is 18.2 Å². The standard InChI is InChI=1S/C19H17FN6O4S/c20-14-4-2-1-3-13(14)12-26-17(15-6-9-30-24-15)11-16(23-26)19-21-7-5-18(22-19)25-31(28,29)10-8-27/h1-7,9,11,27H,8,10,12H2,(H,21,22,25). The maximum Gasteiger partial charge on any atom is 0.236 e. The van der Waals surface area contributed by atoms with Crippen molar-refractivity contribution in [2.75, 3.05) is 17.1 Å². The van der Waals surface area contributed by atoms with Gasteiger partial charge in [0.15, 0.2) is 5.82 Å². The number of nitrogens with one attached hydrogen (secondary N) is 1. The highest BCUT2D eigenvalue weighted by Crippen LogP contribution is 2.25. The summed E-state index contributed by atoms with van der Waals surface area (Å²) in [5.74, 6) is -0.645. The molecule has 1 aromatic carbocycles. The third-order valence-corrected chi connectivity index (χ3v) is 5.50. The third-order valence-electron chi connectivity index (χ3n) is 4.26. The molecule has 0 amide bonds. The summed E-state index contributed by atoms with van der Waals surface area (Å²) in [5, 5.41) is 17.3. The Morgan fingerprint density at radius 1 is 1.16 bits per heavy atom. The van der Waals surface area contributed by atoms with Gasteiger partial charge in [0.05, 0.1) is 24.6 Å². The predicted molar refractivity (Wildman–Crippen MR) is 109 cm³/mol. The van der Waals surface area contributed by atoms with Gasteiger partial charge in [0, 0.05) is 17.8 Å². The van der Waals surface area contributed by atoms with Gasteiger partial charge in [-0.2, -0.15) is 5.10 Å². The summed E-state index contributed by atoms with van der Waals surface area (Å²) in [5.41, 5.74) is 1.78. The number of aromatic nitrogens is 5. The smallest absolute Gasteiger partial charge is 0.236 e. The van der Waals surface area contributed by atoms with Crippen molar-refractivity contribution in [1.29, 1.82) is 0 Å². The van der Waals surface area contributed by atoms with Gasteiger partial charge in [-0.1, -0.05) is 23.4 Å². The van der Waals surface area contributed by atoms with Crippen LogP contribution in [0.3, 0.4) is 0 Å². The molecule has 0 aliphatic carbocycles. The molecule has 160 valence electrons. The Balaban J connectivity index is 1.71. The molecule has 0 fully saturated rings. The first kappa shape index (κ1) is 20.6. The van der Waals surface area contributed by atoms with Gasteiger partial charge in [-0.3, -0.25) is 9.40 Å². The second kappa shape index (κ2) is 8.62. The molecule has 0 saturated heterocycles. The minimum Gasteiger partial charge on any atom is -0.395 e. The Bertz CT molecular complexity index is 1290. The Morgan fingerprint density at radius 3 is 2.74 bits per heavy atom. The first-order valence-electron chi connectivity index (χ1n) is 9.12. The Morgan fingerprint density at radius 2 is 2.00 bits per heavy atom. The molecular weight excluding hydrogens is 427 g/mol. The van der Waals surface area contributed by atoms with Gasteiger partial charge >= 0.3 is 0 Å². The van der Waals surface area contributed by atoms with Gasteiger partial charge in [0.2, 0.25) is 10.0 Å². The van der Waals surface area contributed by atoms with E-state index in [2.05, 4.69) is 24.9 Å². The van der Waals surface area contributed by atoms with E-state index in [0.29, 0.717) is 22.6 Å². The SMILES string of the molecule is O=S(=O)(CCO)Nc1ccnc(-c2cc(-c3ccon3)n(Cc3ccccc3F)n2)n1. The van der Waals surface area contributed by atoms with Crippen LogP contribution in [0.15, 0.2) is 59.4 Å². The van der Waals surface area contributed by atoms with Crippen LogP contribution in [0.5, 0.6) is 0 Å². The average Bonchev–Trinajstić information content (AvgIpc) is 3.39. The number of halogens is 1. The van der Waals surface area contributed by atoms with Crippen LogP contribution in [0.25, 0.3) is 22.9 Å². The molecule has 10 nitrogen and oxygen atoms in total. The number of rotatable bonds is 8. The monoisotopic (exact) mass is 444 g/mol. The zero-order valence-corrected chi connectivity index (χ0v) is 16.8. The summed E-state index contributed by atoms with van der Waals surface area (Å²) in [4.78, 5) is 8.35. The number of nitrogens with zero attached hydrogens (tertiary/aromatic N) is 5. The van der Waals surface area contributed by atoms with E-state index in [1.165, 1.54) is 29.3 Å². The van der Waals surface area contributed by atoms with Crippen LogP contribution < -0.4 is 4.72 Å². The van der Waals surface area contributed by atoms with Gasteiger partial charge in [-0.25, -0.2) is 22.8 Å². The van der Waals surface area contributed by atoms with Crippen LogP contribution in [-0.4, -0.2) is 50.8 Å². The average molecular weight is 444 g/mol. The maximum atomic E-state index is 14.2. The van der Waals surface area contributed by atoms with E-state index in [1.807, 2.05) is 0 Å². The molecule has 12 heteroatoms. The second-order valence-corrected chi connectivity index (χ2v) is 8.30. The molecule has 0 aliphatic heterocycles. The molecule has 0 aliphatic rings. The quantitative estimate of drug-likeness (QED) is 0.421. The van der Waals surface area contributed by atoms with Crippen molar-refractivity contribution in [3.05, 3.63) is 66.3 Å². The van der Waals surface area contributed by atoms with E-state index < -0.39 is 22.4 Å². The van der Waals surface area contributed by atoms with Crippen molar-refractivity contribution < 1.29 is 22.4 Å². The number of aliphatic hydroxyl groups excluding tert-OH is 1. The summed E-state index contributed by atoms with van der Waals surface area (Å²) in [6, 6.07) is 11.0. The Kier molecular flexibility index (Phi) is 5.73. The van der Waals surface area contributed by atoms with Crippen molar-refractivity contribution in [3.63, 3.8) is 0 Å². The predicted octanol–water partition coefficient (Wildman–Crippen LogP) is 1.92. The van der Waals surface area contributed by atoms with Crippen LogP contribution in [0, 0.1) is 5.82 Å². The Labute approximate surface area is 176 Å². The molecule has 0 saturated carbocycles. The fraction of sp³-hybridized carbons (Fsp3) is 0.158. The lowest BCUT2D eigenvalue weighted by Gasteiger charge is -2.07. The molecule has 0 radical (unpaired) electrons. The second-order valence-electron chi connectivity index (χ2n) is 6.46. The van der Waals surface area contributed by atoms with Crippen LogP contribution in [0.4, 0.5) is 10.2 Å². The first-order chi connectivity index (χ1) is 14.9. The summed E-state index contributed by atoms with van der Waals surface area (Å²) < 4.78 is 46.7. The minimum atomic E-state index is -3.75. The summed E-state index contributed by atoms with van der Waals surface area (Å²) >= 11 is 0. The number of benzene rings is 1. The molecule has 0 atom stereocenters. The highest BCUT2D eigenvalue weighted by atomic mass is 32.2. The number of anilines is 1. The van der Waals surface area contributed by atoms with Crippen molar-refractivity contribution in [1.82, 2.24) is 24.9 Å². The van der Waals surface area contributed by atoms with Crippen molar-refractivity contribution >= 4 is 15.8 Å². The van der Waals surface area contributed by atoms with Crippen molar-refractivity contribution in [3.8, 4) is 22.9 Å². The zero-order valence-electron chi connectivity index (χ0n) is 16.0. The molecule has 4 rings (SSSR count). The summed E-state index contributed by atoms with van der Waals surface area (Å²) in [6.45, 7) is -0.396. The lowest BCUT2D eigenvalue weighted by atomic mass is 10.2. The molecule has 0 bridgehead atoms. The molecule has 31 heavy (non-hydrogen) atoms. The number of hydrogen-bond acceptors (Lipinski definition) is 8. The van der Waals surface area contributed by atoms with E-state index in [4.69, 9.17) is 9.63 Å². The largest absolute Gasteiger partial charge is 0.395 e. The van der Waals surface area contributed by atoms with E-state index in [1.54, 1.807) is 30.3 Å². The zero-order chi connectivity index (χ0) is 21.8. The highest BCUT2D eigenvalue weighted by molar-refractivity contribution is 7.92.